The van der Waals surface area contributed by atoms with E-state index in [4.69, 9.17) is 23.2 Å². The summed E-state index contributed by atoms with van der Waals surface area (Å²) in [5, 5.41) is 4.31. The SMILES string of the molecule is CCc1c(C)nc(-c2cc(Cl)ccc2Cl)nc1NC. The fraction of sp³-hybridized carbons (Fsp3) is 0.286. The molecule has 2 aromatic rings. The summed E-state index contributed by atoms with van der Waals surface area (Å²) < 4.78 is 0. The molecular formula is C14H15Cl2N3. The summed E-state index contributed by atoms with van der Waals surface area (Å²) in [5.41, 5.74) is 2.81. The van der Waals surface area contributed by atoms with Crippen molar-refractivity contribution >= 4 is 29.0 Å². The molecule has 1 aromatic heterocycles. The predicted octanol–water partition coefficient (Wildman–Crippen LogP) is 4.36. The van der Waals surface area contributed by atoms with Gasteiger partial charge in [0, 0.05) is 28.9 Å². The van der Waals surface area contributed by atoms with Crippen LogP contribution in [-0.4, -0.2) is 17.0 Å². The Labute approximate surface area is 123 Å². The number of benzene rings is 1. The van der Waals surface area contributed by atoms with Gasteiger partial charge < -0.3 is 5.32 Å². The van der Waals surface area contributed by atoms with Gasteiger partial charge in [-0.2, -0.15) is 0 Å². The molecular weight excluding hydrogens is 281 g/mol. The van der Waals surface area contributed by atoms with Gasteiger partial charge in [0.15, 0.2) is 5.82 Å². The van der Waals surface area contributed by atoms with E-state index in [2.05, 4.69) is 22.2 Å². The smallest absolute Gasteiger partial charge is 0.163 e. The van der Waals surface area contributed by atoms with Crippen LogP contribution in [-0.2, 0) is 6.42 Å². The summed E-state index contributed by atoms with van der Waals surface area (Å²) in [5.74, 6) is 1.42. The van der Waals surface area contributed by atoms with Crippen molar-refractivity contribution < 1.29 is 0 Å². The number of hydrogen-bond acceptors (Lipinski definition) is 3. The van der Waals surface area contributed by atoms with Gasteiger partial charge in [-0.15, -0.1) is 0 Å². The van der Waals surface area contributed by atoms with Crippen molar-refractivity contribution in [1.29, 1.82) is 0 Å². The molecule has 0 amide bonds. The minimum atomic E-state index is 0.589. The number of rotatable bonds is 3. The molecule has 2 rings (SSSR count). The normalized spacial score (nSPS) is 10.6. The van der Waals surface area contributed by atoms with E-state index in [0.717, 1.165) is 29.1 Å². The third-order valence-corrected chi connectivity index (χ3v) is 3.54. The Hall–Kier alpha value is -1.32. The minimum Gasteiger partial charge on any atom is -0.373 e. The Balaban J connectivity index is 2.63. The molecule has 1 heterocycles. The van der Waals surface area contributed by atoms with Gasteiger partial charge in [-0.1, -0.05) is 30.1 Å². The summed E-state index contributed by atoms with van der Waals surface area (Å²) in [6, 6.07) is 5.29. The van der Waals surface area contributed by atoms with Crippen LogP contribution in [0.2, 0.25) is 10.0 Å². The quantitative estimate of drug-likeness (QED) is 0.914. The maximum atomic E-state index is 6.19. The zero-order valence-corrected chi connectivity index (χ0v) is 12.6. The average Bonchev–Trinajstić information content (AvgIpc) is 2.40. The first-order valence-corrected chi connectivity index (χ1v) is 6.83. The summed E-state index contributed by atoms with van der Waals surface area (Å²) >= 11 is 12.2. The number of aromatic nitrogens is 2. The second kappa shape index (κ2) is 5.76. The van der Waals surface area contributed by atoms with E-state index in [-0.39, 0.29) is 0 Å². The Kier molecular flexibility index (Phi) is 4.27. The molecule has 0 unspecified atom stereocenters. The number of nitrogens with zero attached hydrogens (tertiary/aromatic N) is 2. The number of nitrogens with one attached hydrogen (secondary N) is 1. The van der Waals surface area contributed by atoms with Crippen molar-refractivity contribution in [3.05, 3.63) is 39.5 Å². The van der Waals surface area contributed by atoms with Crippen LogP contribution in [0.5, 0.6) is 0 Å². The highest BCUT2D eigenvalue weighted by atomic mass is 35.5. The first-order chi connectivity index (χ1) is 9.06. The largest absolute Gasteiger partial charge is 0.373 e. The zero-order valence-electron chi connectivity index (χ0n) is 11.1. The van der Waals surface area contributed by atoms with E-state index in [9.17, 15) is 0 Å². The monoisotopic (exact) mass is 295 g/mol. The lowest BCUT2D eigenvalue weighted by Crippen LogP contribution is -2.05. The first-order valence-electron chi connectivity index (χ1n) is 6.07. The first kappa shape index (κ1) is 14.1. The number of halogens is 2. The Morgan fingerprint density at radius 3 is 2.58 bits per heavy atom. The zero-order chi connectivity index (χ0) is 14.0. The lowest BCUT2D eigenvalue weighted by atomic mass is 10.1. The van der Waals surface area contributed by atoms with Gasteiger partial charge in [0.2, 0.25) is 0 Å². The van der Waals surface area contributed by atoms with Crippen LogP contribution in [0.15, 0.2) is 18.2 Å². The number of hydrogen-bond donors (Lipinski definition) is 1. The molecule has 19 heavy (non-hydrogen) atoms. The molecule has 0 aliphatic heterocycles. The molecule has 0 fully saturated rings. The molecule has 0 aliphatic carbocycles. The lowest BCUT2D eigenvalue weighted by molar-refractivity contribution is 1.00. The summed E-state index contributed by atoms with van der Waals surface area (Å²) in [6.45, 7) is 4.06. The molecule has 0 bridgehead atoms. The van der Waals surface area contributed by atoms with Crippen molar-refractivity contribution in [2.45, 2.75) is 20.3 Å². The third kappa shape index (κ3) is 2.82. The van der Waals surface area contributed by atoms with E-state index in [1.165, 1.54) is 0 Å². The molecule has 0 atom stereocenters. The molecule has 5 heteroatoms. The van der Waals surface area contributed by atoms with Gasteiger partial charge in [0.25, 0.3) is 0 Å². The van der Waals surface area contributed by atoms with Gasteiger partial charge in [-0.3, -0.25) is 0 Å². The summed E-state index contributed by atoms with van der Waals surface area (Å²) in [7, 11) is 1.85. The topological polar surface area (TPSA) is 37.8 Å². The Morgan fingerprint density at radius 2 is 1.95 bits per heavy atom. The van der Waals surface area contributed by atoms with Crippen LogP contribution in [0.25, 0.3) is 11.4 Å². The van der Waals surface area contributed by atoms with Crippen LogP contribution < -0.4 is 5.32 Å². The minimum absolute atomic E-state index is 0.589. The summed E-state index contributed by atoms with van der Waals surface area (Å²) in [6.07, 6.45) is 0.881. The second-order valence-corrected chi connectivity index (χ2v) is 5.03. The Bertz CT molecular complexity index is 612. The molecule has 1 N–H and O–H groups in total. The fourth-order valence-electron chi connectivity index (χ4n) is 2.02. The van der Waals surface area contributed by atoms with Crippen molar-refractivity contribution in [2.75, 3.05) is 12.4 Å². The van der Waals surface area contributed by atoms with Gasteiger partial charge in [-0.25, -0.2) is 9.97 Å². The van der Waals surface area contributed by atoms with E-state index in [1.54, 1.807) is 18.2 Å². The highest BCUT2D eigenvalue weighted by Crippen LogP contribution is 2.30. The van der Waals surface area contributed by atoms with Crippen LogP contribution in [0.3, 0.4) is 0 Å². The van der Waals surface area contributed by atoms with Gasteiger partial charge in [0.05, 0.1) is 5.02 Å². The van der Waals surface area contributed by atoms with E-state index in [0.29, 0.717) is 15.9 Å². The molecule has 0 saturated heterocycles. The highest BCUT2D eigenvalue weighted by molar-refractivity contribution is 6.35. The van der Waals surface area contributed by atoms with E-state index < -0.39 is 0 Å². The van der Waals surface area contributed by atoms with Crippen molar-refractivity contribution in [3.63, 3.8) is 0 Å². The van der Waals surface area contributed by atoms with Crippen LogP contribution in [0.1, 0.15) is 18.2 Å². The van der Waals surface area contributed by atoms with E-state index in [1.807, 2.05) is 14.0 Å². The molecule has 3 nitrogen and oxygen atoms in total. The number of anilines is 1. The highest BCUT2D eigenvalue weighted by Gasteiger charge is 2.13. The van der Waals surface area contributed by atoms with Gasteiger partial charge in [-0.05, 0) is 31.5 Å². The van der Waals surface area contributed by atoms with E-state index >= 15 is 0 Å². The maximum Gasteiger partial charge on any atom is 0.163 e. The molecule has 100 valence electrons. The van der Waals surface area contributed by atoms with Crippen molar-refractivity contribution in [2.24, 2.45) is 0 Å². The second-order valence-electron chi connectivity index (χ2n) is 4.19. The van der Waals surface area contributed by atoms with Gasteiger partial charge >= 0.3 is 0 Å². The maximum absolute atomic E-state index is 6.19. The molecule has 0 saturated carbocycles. The van der Waals surface area contributed by atoms with Crippen LogP contribution >= 0.6 is 23.2 Å². The lowest BCUT2D eigenvalue weighted by Gasteiger charge is -2.12. The molecule has 0 aliphatic rings. The molecule has 0 radical (unpaired) electrons. The van der Waals surface area contributed by atoms with Crippen molar-refractivity contribution in [1.82, 2.24) is 9.97 Å². The molecule has 0 spiro atoms. The van der Waals surface area contributed by atoms with Crippen LogP contribution in [0, 0.1) is 6.92 Å². The third-order valence-electron chi connectivity index (χ3n) is 2.97. The van der Waals surface area contributed by atoms with Crippen LogP contribution in [0.4, 0.5) is 5.82 Å². The molecule has 1 aromatic carbocycles. The van der Waals surface area contributed by atoms with Crippen molar-refractivity contribution in [3.8, 4) is 11.4 Å². The number of aryl methyl sites for hydroxylation is 1. The Morgan fingerprint density at radius 1 is 1.21 bits per heavy atom. The predicted molar refractivity (Wildman–Crippen MR) is 81.1 cm³/mol. The van der Waals surface area contributed by atoms with Gasteiger partial charge in [0.1, 0.15) is 5.82 Å². The standard InChI is InChI=1S/C14H15Cl2N3/c1-4-10-8(2)18-14(19-13(10)17-3)11-7-9(15)5-6-12(11)16/h5-7H,4H2,1-3H3,(H,17,18,19). The average molecular weight is 296 g/mol. The summed E-state index contributed by atoms with van der Waals surface area (Å²) in [4.78, 5) is 9.06. The fourth-order valence-corrected chi connectivity index (χ4v) is 2.39.